The Hall–Kier alpha value is -0.750. The SMILES string of the molecule is CN1CCN(C(=O)CNCC(F)F)CC1. The Morgan fingerprint density at radius 2 is 1.93 bits per heavy atom. The summed E-state index contributed by atoms with van der Waals surface area (Å²) in [4.78, 5) is 15.3. The highest BCUT2D eigenvalue weighted by atomic mass is 19.3. The minimum absolute atomic E-state index is 0.00799. The van der Waals surface area contributed by atoms with Crippen LogP contribution in [-0.4, -0.2) is 68.4 Å². The van der Waals surface area contributed by atoms with E-state index in [9.17, 15) is 13.6 Å². The van der Waals surface area contributed by atoms with Gasteiger partial charge in [-0.25, -0.2) is 8.78 Å². The van der Waals surface area contributed by atoms with Crippen LogP contribution in [-0.2, 0) is 4.79 Å². The van der Waals surface area contributed by atoms with E-state index in [1.54, 1.807) is 4.90 Å². The number of likely N-dealkylation sites (N-methyl/N-ethyl adjacent to an activating group) is 1. The molecule has 1 fully saturated rings. The number of alkyl halides is 2. The molecule has 1 aliphatic heterocycles. The van der Waals surface area contributed by atoms with Crippen LogP contribution in [0.1, 0.15) is 0 Å². The van der Waals surface area contributed by atoms with Crippen LogP contribution in [0.25, 0.3) is 0 Å². The molecule has 0 radical (unpaired) electrons. The van der Waals surface area contributed by atoms with Crippen molar-refractivity contribution >= 4 is 5.91 Å². The van der Waals surface area contributed by atoms with E-state index in [1.165, 1.54) is 0 Å². The molecule has 0 aromatic rings. The van der Waals surface area contributed by atoms with Crippen molar-refractivity contribution in [3.05, 3.63) is 0 Å². The summed E-state index contributed by atoms with van der Waals surface area (Å²) in [5.41, 5.74) is 0. The fourth-order valence-electron chi connectivity index (χ4n) is 1.46. The number of nitrogens with one attached hydrogen (secondary N) is 1. The Balaban J connectivity index is 2.17. The number of carbonyl (C=O) groups excluding carboxylic acids is 1. The lowest BCUT2D eigenvalue weighted by Gasteiger charge is -2.32. The number of amides is 1. The first-order valence-electron chi connectivity index (χ1n) is 5.05. The number of nitrogens with zero attached hydrogens (tertiary/aromatic N) is 2. The quantitative estimate of drug-likeness (QED) is 0.702. The van der Waals surface area contributed by atoms with Crippen molar-refractivity contribution in [3.63, 3.8) is 0 Å². The zero-order valence-corrected chi connectivity index (χ0v) is 8.88. The molecule has 0 aromatic carbocycles. The third-order valence-corrected chi connectivity index (χ3v) is 2.43. The summed E-state index contributed by atoms with van der Waals surface area (Å²) in [6, 6.07) is 0. The molecule has 4 nitrogen and oxygen atoms in total. The van der Waals surface area contributed by atoms with E-state index >= 15 is 0 Å². The van der Waals surface area contributed by atoms with E-state index < -0.39 is 13.0 Å². The summed E-state index contributed by atoms with van der Waals surface area (Å²) < 4.78 is 23.6. The largest absolute Gasteiger partial charge is 0.339 e. The maximum Gasteiger partial charge on any atom is 0.250 e. The second-order valence-corrected chi connectivity index (χ2v) is 3.71. The summed E-state index contributed by atoms with van der Waals surface area (Å²) >= 11 is 0. The van der Waals surface area contributed by atoms with Gasteiger partial charge in [-0.3, -0.25) is 4.79 Å². The van der Waals surface area contributed by atoms with Crippen LogP contribution in [0, 0.1) is 0 Å². The molecule has 0 aromatic heterocycles. The van der Waals surface area contributed by atoms with Gasteiger partial charge in [0.05, 0.1) is 13.1 Å². The van der Waals surface area contributed by atoms with E-state index in [1.807, 2.05) is 7.05 Å². The highest BCUT2D eigenvalue weighted by Crippen LogP contribution is 1.99. The van der Waals surface area contributed by atoms with E-state index in [2.05, 4.69) is 10.2 Å². The smallest absolute Gasteiger partial charge is 0.250 e. The van der Waals surface area contributed by atoms with Crippen LogP contribution in [0.2, 0.25) is 0 Å². The van der Waals surface area contributed by atoms with Gasteiger partial charge < -0.3 is 15.1 Å². The van der Waals surface area contributed by atoms with Gasteiger partial charge in [0.15, 0.2) is 0 Å². The molecular formula is C9H17F2N3O. The molecule has 6 heteroatoms. The van der Waals surface area contributed by atoms with Gasteiger partial charge in [0.25, 0.3) is 6.43 Å². The standard InChI is InChI=1S/C9H17F2N3O/c1-13-2-4-14(5-3-13)9(15)7-12-6-8(10)11/h8,12H,2-7H2,1H3. The molecule has 1 amide bonds. The zero-order valence-electron chi connectivity index (χ0n) is 8.88. The van der Waals surface area contributed by atoms with Crippen molar-refractivity contribution < 1.29 is 13.6 Å². The fraction of sp³-hybridized carbons (Fsp3) is 0.889. The van der Waals surface area contributed by atoms with Crippen molar-refractivity contribution in [1.82, 2.24) is 15.1 Å². The lowest BCUT2D eigenvalue weighted by atomic mass is 10.3. The third-order valence-electron chi connectivity index (χ3n) is 2.43. The number of halogens is 2. The molecule has 1 heterocycles. The van der Waals surface area contributed by atoms with Crippen LogP contribution in [0.15, 0.2) is 0 Å². The molecule has 1 saturated heterocycles. The molecule has 15 heavy (non-hydrogen) atoms. The molecule has 0 aliphatic carbocycles. The van der Waals surface area contributed by atoms with Crippen LogP contribution in [0.5, 0.6) is 0 Å². The van der Waals surface area contributed by atoms with Crippen molar-refractivity contribution in [2.24, 2.45) is 0 Å². The average molecular weight is 221 g/mol. The molecule has 0 unspecified atom stereocenters. The van der Waals surface area contributed by atoms with Crippen LogP contribution < -0.4 is 5.32 Å². The number of hydrogen-bond donors (Lipinski definition) is 1. The van der Waals surface area contributed by atoms with Crippen molar-refractivity contribution in [1.29, 1.82) is 0 Å². The normalized spacial score (nSPS) is 18.5. The van der Waals surface area contributed by atoms with Crippen LogP contribution in [0.3, 0.4) is 0 Å². The zero-order chi connectivity index (χ0) is 11.3. The molecule has 1 N–H and O–H groups in total. The summed E-state index contributed by atoms with van der Waals surface area (Å²) in [7, 11) is 2.00. The molecular weight excluding hydrogens is 204 g/mol. The maximum atomic E-state index is 11.8. The third kappa shape index (κ3) is 4.53. The van der Waals surface area contributed by atoms with Gasteiger partial charge in [-0.1, -0.05) is 0 Å². The van der Waals surface area contributed by atoms with E-state index in [-0.39, 0.29) is 12.5 Å². The monoisotopic (exact) mass is 221 g/mol. The lowest BCUT2D eigenvalue weighted by molar-refractivity contribution is -0.131. The maximum absolute atomic E-state index is 11.8. The second kappa shape index (κ2) is 5.97. The minimum atomic E-state index is -2.40. The van der Waals surface area contributed by atoms with E-state index in [4.69, 9.17) is 0 Å². The number of rotatable bonds is 4. The van der Waals surface area contributed by atoms with Gasteiger partial charge in [0.2, 0.25) is 5.91 Å². The van der Waals surface area contributed by atoms with Crippen LogP contribution in [0.4, 0.5) is 8.78 Å². The molecule has 0 saturated carbocycles. The van der Waals surface area contributed by atoms with E-state index in [0.717, 1.165) is 13.1 Å². The first-order valence-corrected chi connectivity index (χ1v) is 5.05. The van der Waals surface area contributed by atoms with Crippen LogP contribution >= 0.6 is 0 Å². The number of piperazine rings is 1. The molecule has 1 aliphatic rings. The van der Waals surface area contributed by atoms with Gasteiger partial charge >= 0.3 is 0 Å². The fourth-order valence-corrected chi connectivity index (χ4v) is 1.46. The summed E-state index contributed by atoms with van der Waals surface area (Å²) in [6.45, 7) is 2.66. The predicted octanol–water partition coefficient (Wildman–Crippen LogP) is -0.385. The Morgan fingerprint density at radius 1 is 1.33 bits per heavy atom. The second-order valence-electron chi connectivity index (χ2n) is 3.71. The van der Waals surface area contributed by atoms with Gasteiger partial charge in [-0.2, -0.15) is 0 Å². The topological polar surface area (TPSA) is 35.6 Å². The Morgan fingerprint density at radius 3 is 2.47 bits per heavy atom. The van der Waals surface area contributed by atoms with Gasteiger partial charge in [0.1, 0.15) is 0 Å². The van der Waals surface area contributed by atoms with E-state index in [0.29, 0.717) is 13.1 Å². The first-order chi connectivity index (χ1) is 7.09. The summed E-state index contributed by atoms with van der Waals surface area (Å²) in [5.74, 6) is -0.0937. The molecule has 0 spiro atoms. The summed E-state index contributed by atoms with van der Waals surface area (Å²) in [5, 5.41) is 2.44. The lowest BCUT2D eigenvalue weighted by Crippen LogP contribution is -2.49. The van der Waals surface area contributed by atoms with Gasteiger partial charge in [-0.15, -0.1) is 0 Å². The minimum Gasteiger partial charge on any atom is -0.339 e. The molecule has 88 valence electrons. The van der Waals surface area contributed by atoms with Crippen molar-refractivity contribution in [3.8, 4) is 0 Å². The van der Waals surface area contributed by atoms with Gasteiger partial charge in [-0.05, 0) is 7.05 Å². The Kier molecular flexibility index (Phi) is 4.90. The highest BCUT2D eigenvalue weighted by molar-refractivity contribution is 5.78. The molecule has 1 rings (SSSR count). The molecule has 0 bridgehead atoms. The van der Waals surface area contributed by atoms with Crippen molar-refractivity contribution in [2.45, 2.75) is 6.43 Å². The summed E-state index contributed by atoms with van der Waals surface area (Å²) in [6.07, 6.45) is -2.40. The van der Waals surface area contributed by atoms with Crippen molar-refractivity contribution in [2.75, 3.05) is 46.3 Å². The molecule has 0 atom stereocenters. The Labute approximate surface area is 88.2 Å². The number of carbonyl (C=O) groups is 1. The highest BCUT2D eigenvalue weighted by Gasteiger charge is 2.18. The number of hydrogen-bond acceptors (Lipinski definition) is 3. The average Bonchev–Trinajstić information content (AvgIpc) is 2.18. The Bertz CT molecular complexity index is 206. The van der Waals surface area contributed by atoms with Gasteiger partial charge in [0, 0.05) is 26.2 Å². The predicted molar refractivity (Wildman–Crippen MR) is 53.0 cm³/mol. The first kappa shape index (κ1) is 12.3.